The lowest BCUT2D eigenvalue weighted by molar-refractivity contribution is 0.0150. The minimum Gasteiger partial charge on any atom is -0.299 e. The van der Waals surface area contributed by atoms with Gasteiger partial charge in [0.25, 0.3) is 0 Å². The molecule has 0 saturated carbocycles. The van der Waals surface area contributed by atoms with E-state index in [1.807, 2.05) is 0 Å². The van der Waals surface area contributed by atoms with Crippen LogP contribution in [0.3, 0.4) is 0 Å². The van der Waals surface area contributed by atoms with Crippen molar-refractivity contribution >= 4 is 0 Å². The highest BCUT2D eigenvalue weighted by molar-refractivity contribution is 5.18. The van der Waals surface area contributed by atoms with Crippen molar-refractivity contribution in [3.8, 4) is 6.07 Å². The number of benzene rings is 1. The number of hydrogen-bond donors (Lipinski definition) is 0. The summed E-state index contributed by atoms with van der Waals surface area (Å²) in [5.74, 6) is 0.899. The molecule has 0 aliphatic carbocycles. The van der Waals surface area contributed by atoms with Crippen molar-refractivity contribution in [1.29, 1.82) is 5.26 Å². The molecule has 88 valence electrons. The van der Waals surface area contributed by atoms with E-state index >= 15 is 0 Å². The van der Waals surface area contributed by atoms with Crippen LogP contribution >= 0.6 is 0 Å². The van der Waals surface area contributed by atoms with Gasteiger partial charge in [-0.2, -0.15) is 5.26 Å². The van der Waals surface area contributed by atoms with Crippen molar-refractivity contribution in [1.82, 2.24) is 4.90 Å². The zero-order chi connectivity index (χ0) is 11.7. The molecule has 2 bridgehead atoms. The third-order valence-corrected chi connectivity index (χ3v) is 4.40. The average molecular weight is 226 g/mol. The Labute approximate surface area is 103 Å². The van der Waals surface area contributed by atoms with E-state index in [-0.39, 0.29) is 5.92 Å². The van der Waals surface area contributed by atoms with Crippen LogP contribution < -0.4 is 0 Å². The van der Waals surface area contributed by atoms with Gasteiger partial charge in [0.15, 0.2) is 0 Å². The van der Waals surface area contributed by atoms with Crippen LogP contribution in [0.2, 0.25) is 0 Å². The molecule has 2 unspecified atom stereocenters. The lowest BCUT2D eigenvalue weighted by Crippen LogP contribution is -2.55. The summed E-state index contributed by atoms with van der Waals surface area (Å²) in [5, 5.41) is 9.38. The summed E-state index contributed by atoms with van der Waals surface area (Å²) >= 11 is 0. The van der Waals surface area contributed by atoms with E-state index in [1.54, 1.807) is 0 Å². The third kappa shape index (κ3) is 1.96. The van der Waals surface area contributed by atoms with Crippen molar-refractivity contribution in [3.05, 3.63) is 35.9 Å². The third-order valence-electron chi connectivity index (χ3n) is 4.40. The molecule has 3 heterocycles. The van der Waals surface area contributed by atoms with Crippen molar-refractivity contribution in [2.24, 2.45) is 11.8 Å². The van der Waals surface area contributed by atoms with Gasteiger partial charge in [0.2, 0.25) is 0 Å². The highest BCUT2D eigenvalue weighted by Crippen LogP contribution is 2.37. The minimum atomic E-state index is 0.248. The number of hydrogen-bond acceptors (Lipinski definition) is 2. The van der Waals surface area contributed by atoms with Gasteiger partial charge in [0.05, 0.1) is 12.0 Å². The van der Waals surface area contributed by atoms with Crippen LogP contribution in [0, 0.1) is 23.2 Å². The van der Waals surface area contributed by atoms with Gasteiger partial charge in [-0.15, -0.1) is 0 Å². The SMILES string of the molecule is N#CC1C2CCN(CC2)C1Cc1ccccc1. The topological polar surface area (TPSA) is 27.0 Å². The molecule has 2 atom stereocenters. The first-order valence-electron chi connectivity index (χ1n) is 6.56. The molecular formula is C15H18N2. The molecule has 1 aromatic carbocycles. The van der Waals surface area contributed by atoms with Crippen LogP contribution in [0.25, 0.3) is 0 Å². The van der Waals surface area contributed by atoms with Gasteiger partial charge >= 0.3 is 0 Å². The molecule has 0 aromatic heterocycles. The Balaban J connectivity index is 1.80. The summed E-state index contributed by atoms with van der Waals surface area (Å²) < 4.78 is 0. The minimum absolute atomic E-state index is 0.248. The summed E-state index contributed by atoms with van der Waals surface area (Å²) in [4.78, 5) is 2.53. The number of rotatable bonds is 2. The van der Waals surface area contributed by atoms with Crippen LogP contribution in [-0.2, 0) is 6.42 Å². The maximum absolute atomic E-state index is 9.38. The van der Waals surface area contributed by atoms with Crippen LogP contribution in [0.15, 0.2) is 30.3 Å². The molecule has 17 heavy (non-hydrogen) atoms. The van der Waals surface area contributed by atoms with Gasteiger partial charge in [-0.1, -0.05) is 30.3 Å². The zero-order valence-electron chi connectivity index (χ0n) is 10.0. The first-order chi connectivity index (χ1) is 8.38. The fourth-order valence-corrected chi connectivity index (χ4v) is 3.45. The Morgan fingerprint density at radius 2 is 1.88 bits per heavy atom. The summed E-state index contributed by atoms with van der Waals surface area (Å²) in [7, 11) is 0. The summed E-state index contributed by atoms with van der Waals surface area (Å²) in [6.07, 6.45) is 3.49. The van der Waals surface area contributed by atoms with E-state index in [9.17, 15) is 5.26 Å². The molecule has 3 saturated heterocycles. The molecule has 0 amide bonds. The molecule has 3 aliphatic heterocycles. The fraction of sp³-hybridized carbons (Fsp3) is 0.533. The Kier molecular flexibility index (Phi) is 2.86. The first-order valence-corrected chi connectivity index (χ1v) is 6.56. The second-order valence-corrected chi connectivity index (χ2v) is 5.29. The number of piperidine rings is 3. The molecule has 3 fully saturated rings. The monoisotopic (exact) mass is 226 g/mol. The first kappa shape index (κ1) is 10.8. The number of nitriles is 1. The Hall–Kier alpha value is -1.33. The molecule has 2 heteroatoms. The molecule has 3 aliphatic rings. The van der Waals surface area contributed by atoms with Crippen molar-refractivity contribution < 1.29 is 0 Å². The molecule has 0 N–H and O–H groups in total. The van der Waals surface area contributed by atoms with E-state index < -0.39 is 0 Å². The molecule has 4 rings (SSSR count). The highest BCUT2D eigenvalue weighted by atomic mass is 15.2. The molecule has 0 spiro atoms. The van der Waals surface area contributed by atoms with Gasteiger partial charge in [-0.25, -0.2) is 0 Å². The maximum Gasteiger partial charge on any atom is 0.0675 e. The largest absolute Gasteiger partial charge is 0.299 e. The summed E-state index contributed by atoms with van der Waals surface area (Å²) in [6.45, 7) is 2.39. The Morgan fingerprint density at radius 3 is 2.53 bits per heavy atom. The molecule has 0 radical (unpaired) electrons. The van der Waals surface area contributed by atoms with E-state index in [2.05, 4.69) is 41.3 Å². The smallest absolute Gasteiger partial charge is 0.0675 e. The Morgan fingerprint density at radius 1 is 1.18 bits per heavy atom. The van der Waals surface area contributed by atoms with Crippen LogP contribution in [0.4, 0.5) is 0 Å². The Bertz CT molecular complexity index is 412. The van der Waals surface area contributed by atoms with Crippen molar-refractivity contribution in [3.63, 3.8) is 0 Å². The van der Waals surface area contributed by atoms with Crippen LogP contribution in [0.1, 0.15) is 18.4 Å². The predicted molar refractivity (Wildman–Crippen MR) is 67.3 cm³/mol. The molecular weight excluding hydrogens is 208 g/mol. The second kappa shape index (κ2) is 4.50. The van der Waals surface area contributed by atoms with Crippen molar-refractivity contribution in [2.45, 2.75) is 25.3 Å². The van der Waals surface area contributed by atoms with Crippen molar-refractivity contribution in [2.75, 3.05) is 13.1 Å². The van der Waals surface area contributed by atoms with E-state index in [4.69, 9.17) is 0 Å². The number of fused-ring (bicyclic) bond motifs is 3. The molecule has 2 nitrogen and oxygen atoms in total. The van der Waals surface area contributed by atoms with Gasteiger partial charge in [0, 0.05) is 6.04 Å². The summed E-state index contributed by atoms with van der Waals surface area (Å²) in [5.41, 5.74) is 1.37. The van der Waals surface area contributed by atoms with E-state index in [0.29, 0.717) is 12.0 Å². The predicted octanol–water partition coefficient (Wildman–Crippen LogP) is 2.46. The van der Waals surface area contributed by atoms with E-state index in [0.717, 1.165) is 6.42 Å². The quantitative estimate of drug-likeness (QED) is 0.774. The summed E-state index contributed by atoms with van der Waals surface area (Å²) in [6, 6.07) is 13.6. The zero-order valence-corrected chi connectivity index (χ0v) is 10.0. The van der Waals surface area contributed by atoms with Crippen LogP contribution in [0.5, 0.6) is 0 Å². The van der Waals surface area contributed by atoms with Gasteiger partial charge in [-0.3, -0.25) is 4.90 Å². The number of nitrogens with zero attached hydrogens (tertiary/aromatic N) is 2. The lowest BCUT2D eigenvalue weighted by atomic mass is 9.73. The highest BCUT2D eigenvalue weighted by Gasteiger charge is 2.41. The normalized spacial score (nSPS) is 35.5. The second-order valence-electron chi connectivity index (χ2n) is 5.29. The average Bonchev–Trinajstić information content (AvgIpc) is 2.41. The lowest BCUT2D eigenvalue weighted by Gasteiger charge is -2.48. The fourth-order valence-electron chi connectivity index (χ4n) is 3.45. The maximum atomic E-state index is 9.38. The van der Waals surface area contributed by atoms with E-state index in [1.165, 1.54) is 31.5 Å². The van der Waals surface area contributed by atoms with Crippen LogP contribution in [-0.4, -0.2) is 24.0 Å². The molecule has 1 aromatic rings. The standard InChI is InChI=1S/C15H18N2/c16-11-14-13-6-8-17(9-7-13)15(14)10-12-4-2-1-3-5-12/h1-5,13-15H,6-10H2. The van der Waals surface area contributed by atoms with Gasteiger partial charge < -0.3 is 0 Å². The van der Waals surface area contributed by atoms with Gasteiger partial charge in [0.1, 0.15) is 0 Å². The van der Waals surface area contributed by atoms with Gasteiger partial charge in [-0.05, 0) is 43.8 Å².